The molecule has 0 spiro atoms. The highest BCUT2D eigenvalue weighted by atomic mass is 16.5. The highest BCUT2D eigenvalue weighted by Gasteiger charge is 2.17. The Balaban J connectivity index is 2.20. The summed E-state index contributed by atoms with van der Waals surface area (Å²) >= 11 is 0. The number of benzene rings is 1. The maximum absolute atomic E-state index is 8.92. The van der Waals surface area contributed by atoms with Crippen LogP contribution in [0.2, 0.25) is 0 Å². The smallest absolute Gasteiger partial charge is 0.129 e. The third-order valence-corrected chi connectivity index (χ3v) is 3.09. The van der Waals surface area contributed by atoms with E-state index in [2.05, 4.69) is 5.16 Å². The van der Waals surface area contributed by atoms with E-state index >= 15 is 0 Å². The monoisotopic (exact) mass is 249 g/mol. The van der Waals surface area contributed by atoms with E-state index in [1.165, 1.54) is 0 Å². The van der Waals surface area contributed by atoms with E-state index in [9.17, 15) is 0 Å². The molecule has 1 unspecified atom stereocenters. The van der Waals surface area contributed by atoms with Gasteiger partial charge in [0.15, 0.2) is 0 Å². The number of ether oxygens (including phenoxy) is 2. The predicted molar refractivity (Wildman–Crippen MR) is 69.6 cm³/mol. The lowest BCUT2D eigenvalue weighted by molar-refractivity contribution is 0.00734. The third kappa shape index (κ3) is 3.01. The second-order valence-corrected chi connectivity index (χ2v) is 4.64. The number of hydrogen-bond donors (Lipinski definition) is 1. The molecule has 4 heteroatoms. The van der Waals surface area contributed by atoms with Gasteiger partial charge in [0, 0.05) is 12.2 Å². The Morgan fingerprint density at radius 2 is 2.33 bits per heavy atom. The van der Waals surface area contributed by atoms with E-state index in [4.69, 9.17) is 14.7 Å². The molecular formula is C14H19NO3. The van der Waals surface area contributed by atoms with Crippen molar-refractivity contribution >= 4 is 5.71 Å². The summed E-state index contributed by atoms with van der Waals surface area (Å²) in [4.78, 5) is 0. The zero-order valence-electron chi connectivity index (χ0n) is 10.8. The highest BCUT2D eigenvalue weighted by Crippen LogP contribution is 2.24. The minimum Gasteiger partial charge on any atom is -0.487 e. The molecule has 18 heavy (non-hydrogen) atoms. The minimum absolute atomic E-state index is 0.0895. The summed E-state index contributed by atoms with van der Waals surface area (Å²) in [5.41, 5.74) is 2.51. The van der Waals surface area contributed by atoms with Crippen molar-refractivity contribution < 1.29 is 14.7 Å². The van der Waals surface area contributed by atoms with E-state index in [-0.39, 0.29) is 6.10 Å². The quantitative estimate of drug-likeness (QED) is 0.509. The molecule has 1 heterocycles. The summed E-state index contributed by atoms with van der Waals surface area (Å²) < 4.78 is 11.3. The zero-order chi connectivity index (χ0) is 13.0. The van der Waals surface area contributed by atoms with Gasteiger partial charge in [0.1, 0.15) is 11.9 Å². The molecule has 1 aliphatic heterocycles. The summed E-state index contributed by atoms with van der Waals surface area (Å²) in [6.45, 7) is 5.21. The maximum Gasteiger partial charge on any atom is 0.129 e. The normalized spacial score (nSPS) is 20.8. The van der Waals surface area contributed by atoms with Crippen molar-refractivity contribution in [1.82, 2.24) is 0 Å². The summed E-state index contributed by atoms with van der Waals surface area (Å²) in [6.07, 6.45) is 2.12. The Morgan fingerprint density at radius 1 is 1.50 bits per heavy atom. The van der Waals surface area contributed by atoms with Gasteiger partial charge in [-0.15, -0.1) is 0 Å². The first-order valence-corrected chi connectivity index (χ1v) is 6.25. The van der Waals surface area contributed by atoms with Gasteiger partial charge in [-0.1, -0.05) is 16.8 Å². The van der Waals surface area contributed by atoms with Crippen LogP contribution in [0.15, 0.2) is 23.4 Å². The highest BCUT2D eigenvalue weighted by molar-refractivity contribution is 6.00. The van der Waals surface area contributed by atoms with Crippen LogP contribution in [0, 0.1) is 6.92 Å². The van der Waals surface area contributed by atoms with Crippen LogP contribution in [0.25, 0.3) is 0 Å². The molecule has 1 aliphatic rings. The SMILES string of the molecule is C/C(=N/O)c1cc(C)ccc1OC1CCCOC1. The van der Waals surface area contributed by atoms with Gasteiger partial charge in [-0.05, 0) is 38.8 Å². The van der Waals surface area contributed by atoms with Crippen LogP contribution in [0.3, 0.4) is 0 Å². The third-order valence-electron chi connectivity index (χ3n) is 3.09. The van der Waals surface area contributed by atoms with Crippen LogP contribution in [0.4, 0.5) is 0 Å². The lowest BCUT2D eigenvalue weighted by Crippen LogP contribution is -2.28. The van der Waals surface area contributed by atoms with Gasteiger partial charge in [-0.25, -0.2) is 0 Å². The van der Waals surface area contributed by atoms with E-state index < -0.39 is 0 Å². The molecule has 0 bridgehead atoms. The lowest BCUT2D eigenvalue weighted by atomic mass is 10.1. The number of nitrogens with zero attached hydrogens (tertiary/aromatic N) is 1. The standard InChI is InChI=1S/C14H19NO3/c1-10-5-6-14(13(8-10)11(2)15-16)18-12-4-3-7-17-9-12/h5-6,8,12,16H,3-4,7,9H2,1-2H3/b15-11-. The average Bonchev–Trinajstić information content (AvgIpc) is 2.41. The van der Waals surface area contributed by atoms with E-state index in [1.54, 1.807) is 6.92 Å². The molecule has 2 rings (SSSR count). The lowest BCUT2D eigenvalue weighted by Gasteiger charge is -2.24. The van der Waals surface area contributed by atoms with Crippen molar-refractivity contribution in [2.75, 3.05) is 13.2 Å². The fourth-order valence-electron chi connectivity index (χ4n) is 2.07. The van der Waals surface area contributed by atoms with Crippen molar-refractivity contribution in [2.24, 2.45) is 5.16 Å². The summed E-state index contributed by atoms with van der Waals surface area (Å²) in [5, 5.41) is 12.2. The van der Waals surface area contributed by atoms with Gasteiger partial charge in [0.25, 0.3) is 0 Å². The average molecular weight is 249 g/mol. The van der Waals surface area contributed by atoms with E-state index in [1.807, 2.05) is 25.1 Å². The topological polar surface area (TPSA) is 51.1 Å². The summed E-state index contributed by atoms with van der Waals surface area (Å²) in [5.74, 6) is 0.756. The fraction of sp³-hybridized carbons (Fsp3) is 0.500. The van der Waals surface area contributed by atoms with Crippen molar-refractivity contribution in [2.45, 2.75) is 32.8 Å². The first kappa shape index (κ1) is 12.9. The Morgan fingerprint density at radius 3 is 3.00 bits per heavy atom. The molecule has 1 aromatic rings. The molecule has 0 aliphatic carbocycles. The van der Waals surface area contributed by atoms with Gasteiger partial charge in [-0.2, -0.15) is 0 Å². The van der Waals surface area contributed by atoms with E-state index in [0.29, 0.717) is 12.3 Å². The molecule has 0 aromatic heterocycles. The molecule has 1 fully saturated rings. The fourth-order valence-corrected chi connectivity index (χ4v) is 2.07. The molecule has 4 nitrogen and oxygen atoms in total. The minimum atomic E-state index is 0.0895. The van der Waals surface area contributed by atoms with E-state index in [0.717, 1.165) is 36.3 Å². The Hall–Kier alpha value is -1.55. The van der Waals surface area contributed by atoms with Crippen molar-refractivity contribution in [3.8, 4) is 5.75 Å². The zero-order valence-corrected chi connectivity index (χ0v) is 10.8. The molecule has 0 radical (unpaired) electrons. The van der Waals surface area contributed by atoms with Crippen LogP contribution < -0.4 is 4.74 Å². The van der Waals surface area contributed by atoms with Crippen molar-refractivity contribution in [3.05, 3.63) is 29.3 Å². The van der Waals surface area contributed by atoms with Crippen LogP contribution in [0.1, 0.15) is 30.9 Å². The van der Waals surface area contributed by atoms with Crippen LogP contribution in [-0.2, 0) is 4.74 Å². The van der Waals surface area contributed by atoms with Gasteiger partial charge < -0.3 is 14.7 Å². The predicted octanol–water partition coefficient (Wildman–Crippen LogP) is 2.75. The second kappa shape index (κ2) is 5.87. The molecular weight excluding hydrogens is 230 g/mol. The molecule has 98 valence electrons. The number of rotatable bonds is 3. The Kier molecular flexibility index (Phi) is 4.20. The van der Waals surface area contributed by atoms with Crippen LogP contribution >= 0.6 is 0 Å². The Bertz CT molecular complexity index is 437. The van der Waals surface area contributed by atoms with Crippen molar-refractivity contribution in [1.29, 1.82) is 0 Å². The summed E-state index contributed by atoms with van der Waals surface area (Å²) in [7, 11) is 0. The largest absolute Gasteiger partial charge is 0.487 e. The van der Waals surface area contributed by atoms with Gasteiger partial charge in [0.2, 0.25) is 0 Å². The molecule has 0 amide bonds. The first-order chi connectivity index (χ1) is 8.70. The number of aryl methyl sites for hydroxylation is 1. The summed E-state index contributed by atoms with van der Waals surface area (Å²) in [6, 6.07) is 5.88. The molecule has 1 N–H and O–H groups in total. The second-order valence-electron chi connectivity index (χ2n) is 4.64. The van der Waals surface area contributed by atoms with Gasteiger partial charge >= 0.3 is 0 Å². The van der Waals surface area contributed by atoms with Crippen LogP contribution in [0.5, 0.6) is 5.75 Å². The van der Waals surface area contributed by atoms with Gasteiger partial charge in [0.05, 0.1) is 12.3 Å². The number of hydrogen-bond acceptors (Lipinski definition) is 4. The molecule has 1 saturated heterocycles. The number of oxime groups is 1. The Labute approximate surface area is 107 Å². The molecule has 1 atom stereocenters. The maximum atomic E-state index is 8.92. The van der Waals surface area contributed by atoms with Crippen molar-refractivity contribution in [3.63, 3.8) is 0 Å². The first-order valence-electron chi connectivity index (χ1n) is 6.25. The van der Waals surface area contributed by atoms with Gasteiger partial charge in [-0.3, -0.25) is 0 Å². The molecule has 0 saturated carbocycles. The van der Waals surface area contributed by atoms with Crippen LogP contribution in [-0.4, -0.2) is 30.2 Å². The molecule has 1 aromatic carbocycles.